The minimum absolute atomic E-state index is 0.0310. The van der Waals surface area contributed by atoms with Crippen LogP contribution in [0.4, 0.5) is 0 Å². The van der Waals surface area contributed by atoms with E-state index < -0.39 is 0 Å². The van der Waals surface area contributed by atoms with Crippen LogP contribution >= 0.6 is 0 Å². The van der Waals surface area contributed by atoms with Crippen molar-refractivity contribution in [1.29, 1.82) is 0 Å². The number of phenols is 1. The molecule has 0 aromatic heterocycles. The summed E-state index contributed by atoms with van der Waals surface area (Å²) in [6, 6.07) is 16.3. The Balaban J connectivity index is 2.31. The molecule has 0 saturated carbocycles. The molecule has 2 aromatic carbocycles. The highest BCUT2D eigenvalue weighted by Crippen LogP contribution is 2.31. The first-order valence-electron chi connectivity index (χ1n) is 6.33. The predicted molar refractivity (Wildman–Crippen MR) is 76.1 cm³/mol. The summed E-state index contributed by atoms with van der Waals surface area (Å²) in [5.74, 6) is 0.388. The lowest BCUT2D eigenvalue weighted by atomic mass is 9.85. The van der Waals surface area contributed by atoms with Crippen molar-refractivity contribution in [2.45, 2.75) is 32.6 Å². The van der Waals surface area contributed by atoms with E-state index in [1.807, 2.05) is 12.1 Å². The topological polar surface area (TPSA) is 20.2 Å². The van der Waals surface area contributed by atoms with Crippen molar-refractivity contribution in [2.24, 2.45) is 0 Å². The van der Waals surface area contributed by atoms with Gasteiger partial charge in [-0.25, -0.2) is 0 Å². The van der Waals surface area contributed by atoms with Crippen LogP contribution in [0, 0.1) is 0 Å². The molecule has 1 heteroatoms. The number of benzene rings is 2. The summed E-state index contributed by atoms with van der Waals surface area (Å²) in [7, 11) is 0. The van der Waals surface area contributed by atoms with Crippen molar-refractivity contribution in [2.75, 3.05) is 0 Å². The second-order valence-electron chi connectivity index (χ2n) is 5.76. The van der Waals surface area contributed by atoms with E-state index >= 15 is 0 Å². The van der Waals surface area contributed by atoms with Crippen molar-refractivity contribution in [3.63, 3.8) is 0 Å². The molecular weight excluding hydrogens is 220 g/mol. The van der Waals surface area contributed by atoms with Gasteiger partial charge in [0.25, 0.3) is 0 Å². The lowest BCUT2D eigenvalue weighted by molar-refractivity contribution is 0.446. The summed E-state index contributed by atoms with van der Waals surface area (Å²) in [4.78, 5) is 0. The second kappa shape index (κ2) is 4.85. The molecule has 0 aliphatic carbocycles. The van der Waals surface area contributed by atoms with Crippen LogP contribution in [0.3, 0.4) is 0 Å². The second-order valence-corrected chi connectivity index (χ2v) is 5.76. The molecule has 2 aromatic rings. The third-order valence-electron chi connectivity index (χ3n) is 3.12. The van der Waals surface area contributed by atoms with E-state index in [0.29, 0.717) is 5.75 Å². The number of phenolic OH excluding ortho intramolecular Hbond substituents is 1. The molecule has 1 N–H and O–H groups in total. The van der Waals surface area contributed by atoms with Gasteiger partial charge in [0.1, 0.15) is 5.75 Å². The van der Waals surface area contributed by atoms with Crippen LogP contribution in [0.2, 0.25) is 0 Å². The normalized spacial score (nSPS) is 11.5. The van der Waals surface area contributed by atoms with Crippen LogP contribution in [0.1, 0.15) is 37.5 Å². The van der Waals surface area contributed by atoms with Gasteiger partial charge in [-0.1, -0.05) is 63.2 Å². The summed E-state index contributed by atoms with van der Waals surface area (Å²) in [5.41, 5.74) is 3.51. The largest absolute Gasteiger partial charge is 0.508 e. The fraction of sp³-hybridized carbons (Fsp3) is 0.294. The van der Waals surface area contributed by atoms with Crippen LogP contribution in [-0.4, -0.2) is 5.11 Å². The molecule has 0 aliphatic heterocycles. The number of aromatic hydroxyl groups is 1. The van der Waals surface area contributed by atoms with Crippen molar-refractivity contribution < 1.29 is 5.11 Å². The first-order valence-corrected chi connectivity index (χ1v) is 6.33. The van der Waals surface area contributed by atoms with Crippen LogP contribution in [0.15, 0.2) is 48.5 Å². The van der Waals surface area contributed by atoms with Crippen LogP contribution in [0.5, 0.6) is 5.75 Å². The number of rotatable bonds is 2. The van der Waals surface area contributed by atoms with Crippen molar-refractivity contribution in [3.8, 4) is 5.75 Å². The molecule has 0 bridgehead atoms. The third-order valence-corrected chi connectivity index (χ3v) is 3.12. The molecule has 94 valence electrons. The molecule has 0 atom stereocenters. The molecule has 0 unspecified atom stereocenters. The van der Waals surface area contributed by atoms with Gasteiger partial charge in [-0.15, -0.1) is 0 Å². The van der Waals surface area contributed by atoms with Gasteiger partial charge in [-0.05, 0) is 34.6 Å². The van der Waals surface area contributed by atoms with Crippen LogP contribution in [-0.2, 0) is 11.8 Å². The molecule has 18 heavy (non-hydrogen) atoms. The zero-order chi connectivity index (χ0) is 13.2. The van der Waals surface area contributed by atoms with E-state index in [-0.39, 0.29) is 5.41 Å². The fourth-order valence-corrected chi connectivity index (χ4v) is 2.13. The lowest BCUT2D eigenvalue weighted by Gasteiger charge is -2.21. The lowest BCUT2D eigenvalue weighted by Crippen LogP contribution is -2.11. The molecule has 0 spiro atoms. The zero-order valence-electron chi connectivity index (χ0n) is 11.3. The monoisotopic (exact) mass is 240 g/mol. The van der Waals surface area contributed by atoms with Crippen molar-refractivity contribution >= 4 is 0 Å². The Bertz CT molecular complexity index is 521. The van der Waals surface area contributed by atoms with E-state index in [0.717, 1.165) is 12.0 Å². The third kappa shape index (κ3) is 2.92. The smallest absolute Gasteiger partial charge is 0.119 e. The standard InChI is InChI=1S/C17H20O/c1-17(2,3)15-12-14(9-10-16(15)18)11-13-7-5-4-6-8-13/h4-10,12,18H,11H2,1-3H3. The van der Waals surface area contributed by atoms with Gasteiger partial charge in [-0.3, -0.25) is 0 Å². The Kier molecular flexibility index (Phi) is 3.42. The molecule has 0 radical (unpaired) electrons. The van der Waals surface area contributed by atoms with E-state index in [9.17, 15) is 5.11 Å². The Morgan fingerprint density at radius 3 is 2.17 bits per heavy atom. The summed E-state index contributed by atoms with van der Waals surface area (Å²) < 4.78 is 0. The van der Waals surface area contributed by atoms with E-state index in [2.05, 4.69) is 51.1 Å². The van der Waals surface area contributed by atoms with Gasteiger partial charge in [-0.2, -0.15) is 0 Å². The SMILES string of the molecule is CC(C)(C)c1cc(Cc2ccccc2)ccc1O. The minimum atomic E-state index is -0.0310. The maximum atomic E-state index is 9.94. The quantitative estimate of drug-likeness (QED) is 0.830. The van der Waals surface area contributed by atoms with Crippen LogP contribution in [0.25, 0.3) is 0 Å². The summed E-state index contributed by atoms with van der Waals surface area (Å²) in [6.45, 7) is 6.36. The van der Waals surface area contributed by atoms with Crippen molar-refractivity contribution in [1.82, 2.24) is 0 Å². The molecule has 0 aliphatic rings. The Labute approximate surface area is 109 Å². The molecule has 0 amide bonds. The molecular formula is C17H20O. The van der Waals surface area contributed by atoms with Gasteiger partial charge in [0.15, 0.2) is 0 Å². The molecule has 2 rings (SSSR count). The Hall–Kier alpha value is -1.76. The average Bonchev–Trinajstić information content (AvgIpc) is 2.31. The van der Waals surface area contributed by atoms with Gasteiger partial charge in [0.05, 0.1) is 0 Å². The first kappa shape index (κ1) is 12.7. The average molecular weight is 240 g/mol. The summed E-state index contributed by atoms with van der Waals surface area (Å²) >= 11 is 0. The number of hydrogen-bond donors (Lipinski definition) is 1. The Morgan fingerprint density at radius 2 is 1.56 bits per heavy atom. The first-order chi connectivity index (χ1) is 8.47. The summed E-state index contributed by atoms with van der Waals surface area (Å²) in [6.07, 6.45) is 0.907. The minimum Gasteiger partial charge on any atom is -0.508 e. The molecule has 0 heterocycles. The van der Waals surface area contributed by atoms with Gasteiger partial charge < -0.3 is 5.11 Å². The number of hydrogen-bond acceptors (Lipinski definition) is 1. The maximum absolute atomic E-state index is 9.94. The fourth-order valence-electron chi connectivity index (χ4n) is 2.13. The van der Waals surface area contributed by atoms with Gasteiger partial charge in [0.2, 0.25) is 0 Å². The molecule has 0 saturated heterocycles. The van der Waals surface area contributed by atoms with E-state index in [1.54, 1.807) is 6.07 Å². The van der Waals surface area contributed by atoms with E-state index in [4.69, 9.17) is 0 Å². The zero-order valence-corrected chi connectivity index (χ0v) is 11.3. The highest BCUT2D eigenvalue weighted by molar-refractivity contribution is 5.42. The van der Waals surface area contributed by atoms with Gasteiger partial charge in [0, 0.05) is 0 Å². The van der Waals surface area contributed by atoms with Crippen LogP contribution < -0.4 is 0 Å². The van der Waals surface area contributed by atoms with E-state index in [1.165, 1.54) is 11.1 Å². The highest BCUT2D eigenvalue weighted by Gasteiger charge is 2.18. The molecule has 0 fully saturated rings. The maximum Gasteiger partial charge on any atom is 0.119 e. The van der Waals surface area contributed by atoms with Crippen molar-refractivity contribution in [3.05, 3.63) is 65.2 Å². The summed E-state index contributed by atoms with van der Waals surface area (Å²) in [5, 5.41) is 9.94. The highest BCUT2D eigenvalue weighted by atomic mass is 16.3. The predicted octanol–water partition coefficient (Wildman–Crippen LogP) is 4.28. The molecule has 1 nitrogen and oxygen atoms in total. The van der Waals surface area contributed by atoms with Gasteiger partial charge >= 0.3 is 0 Å². The Morgan fingerprint density at radius 1 is 0.889 bits per heavy atom.